The molecule has 0 aliphatic carbocycles. The standard InChI is InChI=1S/C19H14ClF3N4OS/c1-2-12-6-7-13(29-12)16(28)14-15(10-4-3-5-11(20)8-10)27-18(24-9-25-27)26-17(14)19(21,22)23/h3-9,15H,2H2,1H3,(H,24,25,26)/t15-/m1/s1. The Hall–Kier alpha value is -2.65. The van der Waals surface area contributed by atoms with Crippen molar-refractivity contribution in [3.63, 3.8) is 0 Å². The molecule has 0 saturated carbocycles. The number of ketones is 1. The number of carbonyl (C=O) groups is 1. The highest BCUT2D eigenvalue weighted by molar-refractivity contribution is 7.14. The predicted molar refractivity (Wildman–Crippen MR) is 104 cm³/mol. The average Bonchev–Trinajstić information content (AvgIpc) is 3.34. The predicted octanol–water partition coefficient (Wildman–Crippen LogP) is 5.27. The Morgan fingerprint density at radius 3 is 2.76 bits per heavy atom. The van der Waals surface area contributed by atoms with Crippen molar-refractivity contribution in [2.24, 2.45) is 0 Å². The zero-order valence-electron chi connectivity index (χ0n) is 15.0. The minimum Gasteiger partial charge on any atom is -0.320 e. The van der Waals surface area contributed by atoms with E-state index >= 15 is 0 Å². The second-order valence-electron chi connectivity index (χ2n) is 6.35. The lowest BCUT2D eigenvalue weighted by atomic mass is 9.91. The molecule has 0 unspecified atom stereocenters. The number of fused-ring (bicyclic) bond motifs is 1. The topological polar surface area (TPSA) is 59.8 Å². The Kier molecular flexibility index (Phi) is 4.95. The first-order valence-corrected chi connectivity index (χ1v) is 9.85. The molecule has 1 aliphatic rings. The minimum absolute atomic E-state index is 0.0979. The number of hydrogen-bond donors (Lipinski definition) is 1. The summed E-state index contributed by atoms with van der Waals surface area (Å²) in [5.41, 5.74) is -1.18. The molecule has 3 aromatic rings. The van der Waals surface area contributed by atoms with E-state index in [1.807, 2.05) is 6.92 Å². The van der Waals surface area contributed by atoms with Crippen molar-refractivity contribution in [2.75, 3.05) is 5.32 Å². The molecule has 10 heteroatoms. The second kappa shape index (κ2) is 7.31. The van der Waals surface area contributed by atoms with Crippen LogP contribution in [0.3, 0.4) is 0 Å². The Labute approximate surface area is 172 Å². The van der Waals surface area contributed by atoms with Gasteiger partial charge in [-0.3, -0.25) is 4.79 Å². The maximum absolute atomic E-state index is 14.0. The lowest BCUT2D eigenvalue weighted by Crippen LogP contribution is -2.35. The van der Waals surface area contributed by atoms with Crippen molar-refractivity contribution in [1.82, 2.24) is 14.8 Å². The van der Waals surface area contributed by atoms with Gasteiger partial charge in [0.15, 0.2) is 0 Å². The van der Waals surface area contributed by atoms with Crippen molar-refractivity contribution in [2.45, 2.75) is 25.6 Å². The molecule has 0 bridgehead atoms. The van der Waals surface area contributed by atoms with Crippen LogP contribution in [0.1, 0.15) is 33.1 Å². The van der Waals surface area contributed by atoms with Crippen LogP contribution in [0.5, 0.6) is 0 Å². The number of thiophene rings is 1. The van der Waals surface area contributed by atoms with Crippen LogP contribution in [-0.4, -0.2) is 26.7 Å². The molecule has 1 atom stereocenters. The fourth-order valence-corrected chi connectivity index (χ4v) is 4.34. The van der Waals surface area contributed by atoms with E-state index in [9.17, 15) is 18.0 Å². The third kappa shape index (κ3) is 3.56. The molecular weight excluding hydrogens is 425 g/mol. The molecule has 150 valence electrons. The monoisotopic (exact) mass is 438 g/mol. The normalized spacial score (nSPS) is 16.5. The van der Waals surface area contributed by atoms with Crippen molar-refractivity contribution >= 4 is 34.7 Å². The number of benzene rings is 1. The number of rotatable bonds is 4. The molecule has 0 radical (unpaired) electrons. The molecule has 0 saturated heterocycles. The van der Waals surface area contributed by atoms with Gasteiger partial charge in [0.25, 0.3) is 0 Å². The third-order valence-electron chi connectivity index (χ3n) is 4.52. The Bertz CT molecular complexity index is 1120. The number of carbonyl (C=O) groups excluding carboxylic acids is 1. The summed E-state index contributed by atoms with van der Waals surface area (Å²) in [6.07, 6.45) is -2.96. The highest BCUT2D eigenvalue weighted by Crippen LogP contribution is 2.42. The van der Waals surface area contributed by atoms with Crippen molar-refractivity contribution in [3.8, 4) is 0 Å². The van der Waals surface area contributed by atoms with E-state index in [0.29, 0.717) is 17.0 Å². The molecule has 0 fully saturated rings. The van der Waals surface area contributed by atoms with Gasteiger partial charge in [-0.05, 0) is 36.2 Å². The molecule has 2 aromatic heterocycles. The third-order valence-corrected chi connectivity index (χ3v) is 5.99. The first-order valence-electron chi connectivity index (χ1n) is 8.66. The summed E-state index contributed by atoms with van der Waals surface area (Å²) in [5, 5.41) is 6.65. The van der Waals surface area contributed by atoms with E-state index < -0.39 is 29.3 Å². The minimum atomic E-state index is -4.79. The lowest BCUT2D eigenvalue weighted by molar-refractivity contribution is -0.0918. The summed E-state index contributed by atoms with van der Waals surface area (Å²) in [4.78, 5) is 18.3. The number of Topliss-reactive ketones (excluding diaryl/α,β-unsaturated/α-hetero) is 1. The van der Waals surface area contributed by atoms with E-state index in [0.717, 1.165) is 11.2 Å². The van der Waals surface area contributed by atoms with Gasteiger partial charge in [-0.2, -0.15) is 23.3 Å². The van der Waals surface area contributed by atoms with E-state index in [-0.39, 0.29) is 10.8 Å². The maximum atomic E-state index is 14.0. The number of aryl methyl sites for hydroxylation is 1. The van der Waals surface area contributed by atoms with Crippen LogP contribution in [0.2, 0.25) is 5.02 Å². The molecule has 3 heterocycles. The maximum Gasteiger partial charge on any atom is 0.431 e. The van der Waals surface area contributed by atoms with Crippen LogP contribution in [0.15, 0.2) is 54.0 Å². The van der Waals surface area contributed by atoms with Gasteiger partial charge in [-0.1, -0.05) is 30.7 Å². The summed E-state index contributed by atoms with van der Waals surface area (Å²) < 4.78 is 43.1. The molecule has 5 nitrogen and oxygen atoms in total. The molecule has 1 aromatic carbocycles. The molecule has 4 rings (SSSR count). The molecule has 1 N–H and O–H groups in total. The molecule has 0 amide bonds. The number of alkyl halides is 3. The fraction of sp³-hybridized carbons (Fsp3) is 0.211. The van der Waals surface area contributed by atoms with Crippen molar-refractivity contribution in [1.29, 1.82) is 0 Å². The smallest absolute Gasteiger partial charge is 0.320 e. The Balaban J connectivity index is 1.96. The zero-order valence-corrected chi connectivity index (χ0v) is 16.6. The van der Waals surface area contributed by atoms with Gasteiger partial charge in [-0.25, -0.2) is 4.68 Å². The van der Waals surface area contributed by atoms with Crippen LogP contribution >= 0.6 is 22.9 Å². The number of anilines is 1. The van der Waals surface area contributed by atoms with Gasteiger partial charge in [0, 0.05) is 9.90 Å². The highest BCUT2D eigenvalue weighted by atomic mass is 35.5. The number of nitrogens with zero attached hydrogens (tertiary/aromatic N) is 3. The summed E-state index contributed by atoms with van der Waals surface area (Å²) >= 11 is 7.26. The van der Waals surface area contributed by atoms with Crippen LogP contribution in [0.25, 0.3) is 0 Å². The second-order valence-corrected chi connectivity index (χ2v) is 7.95. The van der Waals surface area contributed by atoms with Gasteiger partial charge in [0.05, 0.1) is 10.5 Å². The van der Waals surface area contributed by atoms with Crippen molar-refractivity contribution < 1.29 is 18.0 Å². The van der Waals surface area contributed by atoms with Gasteiger partial charge >= 0.3 is 6.18 Å². The SMILES string of the molecule is CCc1ccc(C(=O)C2=C(C(F)(F)F)Nc3ncnn3[C@@H]2c2cccc(Cl)c2)s1. The van der Waals surface area contributed by atoms with Crippen molar-refractivity contribution in [3.05, 3.63) is 74.3 Å². The lowest BCUT2D eigenvalue weighted by Gasteiger charge is -2.30. The van der Waals surface area contributed by atoms with Crippen LogP contribution in [0, 0.1) is 0 Å². The Morgan fingerprint density at radius 2 is 2.10 bits per heavy atom. The summed E-state index contributed by atoms with van der Waals surface area (Å²) in [7, 11) is 0. The van der Waals surface area contributed by atoms with Crippen LogP contribution in [0.4, 0.5) is 19.1 Å². The van der Waals surface area contributed by atoms with Gasteiger partial charge in [-0.15, -0.1) is 11.3 Å². The molecule has 1 aliphatic heterocycles. The largest absolute Gasteiger partial charge is 0.431 e. The number of nitrogens with one attached hydrogen (secondary N) is 1. The molecule has 29 heavy (non-hydrogen) atoms. The molecule has 0 spiro atoms. The number of halogens is 4. The quantitative estimate of drug-likeness (QED) is 0.564. The number of allylic oxidation sites excluding steroid dienone is 2. The summed E-state index contributed by atoms with van der Waals surface area (Å²) in [5.74, 6) is -0.806. The van der Waals surface area contributed by atoms with Crippen LogP contribution < -0.4 is 5.32 Å². The van der Waals surface area contributed by atoms with E-state index in [2.05, 4.69) is 15.4 Å². The zero-order chi connectivity index (χ0) is 20.8. The van der Waals surface area contributed by atoms with Crippen LogP contribution in [-0.2, 0) is 6.42 Å². The number of aromatic nitrogens is 3. The first kappa shape index (κ1) is 19.7. The summed E-state index contributed by atoms with van der Waals surface area (Å²) in [6.45, 7) is 1.92. The fourth-order valence-electron chi connectivity index (χ4n) is 3.24. The van der Waals surface area contributed by atoms with E-state index in [1.54, 1.807) is 30.3 Å². The van der Waals surface area contributed by atoms with Gasteiger partial charge in [0.1, 0.15) is 18.1 Å². The molecular formula is C19H14ClF3N4OS. The average molecular weight is 439 g/mol. The number of hydrogen-bond acceptors (Lipinski definition) is 5. The van der Waals surface area contributed by atoms with E-state index in [4.69, 9.17) is 11.6 Å². The highest BCUT2D eigenvalue weighted by Gasteiger charge is 2.46. The Morgan fingerprint density at radius 1 is 1.31 bits per heavy atom. The summed E-state index contributed by atoms with van der Waals surface area (Å²) in [6, 6.07) is 8.54. The van der Waals surface area contributed by atoms with Gasteiger partial charge in [0.2, 0.25) is 11.7 Å². The van der Waals surface area contributed by atoms with Gasteiger partial charge < -0.3 is 5.32 Å². The first-order chi connectivity index (χ1) is 13.8. The van der Waals surface area contributed by atoms with E-state index in [1.165, 1.54) is 22.1 Å².